The van der Waals surface area contributed by atoms with E-state index in [0.717, 1.165) is 31.6 Å². The van der Waals surface area contributed by atoms with E-state index in [1.165, 1.54) is 0 Å². The Balaban J connectivity index is 0.00000280. The summed E-state index contributed by atoms with van der Waals surface area (Å²) in [7, 11) is 3.66. The minimum atomic E-state index is 0. The fourth-order valence-electron chi connectivity index (χ4n) is 2.89. The second-order valence-corrected chi connectivity index (χ2v) is 6.81. The molecule has 7 nitrogen and oxygen atoms in total. The van der Waals surface area contributed by atoms with Crippen LogP contribution in [-0.2, 0) is 0 Å². The fraction of sp³-hybridized carbons (Fsp3) is 0.474. The first-order valence-electron chi connectivity index (χ1n) is 9.05. The lowest BCUT2D eigenvalue weighted by Crippen LogP contribution is -2.44. The number of aromatic nitrogens is 2. The SMILES string of the molecule is CCCOc1c(Cl)cc(/C=C/c2nc(C3CNCCN3C)no2)cc1OC.Cl. The Morgan fingerprint density at radius 1 is 1.39 bits per heavy atom. The lowest BCUT2D eigenvalue weighted by Gasteiger charge is -2.30. The maximum absolute atomic E-state index is 6.35. The van der Waals surface area contributed by atoms with Crippen LogP contribution < -0.4 is 14.8 Å². The normalized spacial score (nSPS) is 17.5. The molecular formula is C19H26Cl2N4O3. The summed E-state index contributed by atoms with van der Waals surface area (Å²) in [6.07, 6.45) is 4.52. The predicted octanol–water partition coefficient (Wildman–Crippen LogP) is 3.69. The quantitative estimate of drug-likeness (QED) is 0.720. The van der Waals surface area contributed by atoms with E-state index in [1.807, 2.05) is 25.1 Å². The van der Waals surface area contributed by atoms with Gasteiger partial charge in [0, 0.05) is 25.7 Å². The van der Waals surface area contributed by atoms with Crippen molar-refractivity contribution in [2.45, 2.75) is 19.4 Å². The minimum absolute atomic E-state index is 0. The highest BCUT2D eigenvalue weighted by atomic mass is 35.5. The summed E-state index contributed by atoms with van der Waals surface area (Å²) < 4.78 is 16.4. The van der Waals surface area contributed by atoms with E-state index >= 15 is 0 Å². The molecule has 9 heteroatoms. The van der Waals surface area contributed by atoms with Gasteiger partial charge < -0.3 is 19.3 Å². The van der Waals surface area contributed by atoms with Crippen molar-refractivity contribution in [1.82, 2.24) is 20.4 Å². The Bertz CT molecular complexity index is 797. The average Bonchev–Trinajstić information content (AvgIpc) is 3.14. The average molecular weight is 429 g/mol. The molecular weight excluding hydrogens is 403 g/mol. The molecule has 1 saturated heterocycles. The molecule has 2 heterocycles. The van der Waals surface area contributed by atoms with Gasteiger partial charge in [0.05, 0.1) is 24.8 Å². The highest BCUT2D eigenvalue weighted by Gasteiger charge is 2.24. The number of methoxy groups -OCH3 is 1. The minimum Gasteiger partial charge on any atom is -0.493 e. The van der Waals surface area contributed by atoms with Gasteiger partial charge in [0.2, 0.25) is 0 Å². The van der Waals surface area contributed by atoms with Gasteiger partial charge in [-0.2, -0.15) is 4.98 Å². The summed E-state index contributed by atoms with van der Waals surface area (Å²) in [5, 5.41) is 7.96. The number of hydrogen-bond acceptors (Lipinski definition) is 7. The number of nitrogens with zero attached hydrogens (tertiary/aromatic N) is 3. The zero-order valence-corrected chi connectivity index (χ0v) is 17.8. The first kappa shape index (κ1) is 22.5. The number of hydrogen-bond donors (Lipinski definition) is 1. The summed E-state index contributed by atoms with van der Waals surface area (Å²) in [5.74, 6) is 2.29. The van der Waals surface area contributed by atoms with Gasteiger partial charge in [-0.05, 0) is 37.2 Å². The monoisotopic (exact) mass is 428 g/mol. The number of nitrogens with one attached hydrogen (secondary N) is 1. The molecule has 1 N–H and O–H groups in total. The van der Waals surface area contributed by atoms with Crippen molar-refractivity contribution >= 4 is 36.2 Å². The number of benzene rings is 1. The van der Waals surface area contributed by atoms with Crippen molar-refractivity contribution in [2.75, 3.05) is 40.4 Å². The third kappa shape index (κ3) is 5.38. The number of piperazine rings is 1. The van der Waals surface area contributed by atoms with Crippen LogP contribution in [0.3, 0.4) is 0 Å². The fourth-order valence-corrected chi connectivity index (χ4v) is 3.17. The van der Waals surface area contributed by atoms with Crippen molar-refractivity contribution in [3.8, 4) is 11.5 Å². The largest absolute Gasteiger partial charge is 0.493 e. The van der Waals surface area contributed by atoms with Crippen LogP contribution in [0.25, 0.3) is 12.2 Å². The van der Waals surface area contributed by atoms with Gasteiger partial charge in [-0.25, -0.2) is 0 Å². The summed E-state index contributed by atoms with van der Waals surface area (Å²) in [6, 6.07) is 3.81. The van der Waals surface area contributed by atoms with Crippen LogP contribution in [0, 0.1) is 0 Å². The number of likely N-dealkylation sites (N-methyl/N-ethyl adjacent to an activating group) is 1. The number of rotatable bonds is 7. The number of halogens is 2. The van der Waals surface area contributed by atoms with Crippen molar-refractivity contribution in [2.24, 2.45) is 0 Å². The van der Waals surface area contributed by atoms with Crippen LogP contribution >= 0.6 is 24.0 Å². The summed E-state index contributed by atoms with van der Waals surface area (Å²) in [5.41, 5.74) is 0.858. The topological polar surface area (TPSA) is 72.7 Å². The Kier molecular flexibility index (Phi) is 8.57. The van der Waals surface area contributed by atoms with E-state index in [4.69, 9.17) is 25.6 Å². The van der Waals surface area contributed by atoms with Crippen LogP contribution in [0.2, 0.25) is 5.02 Å². The molecule has 1 aromatic heterocycles. The zero-order valence-electron chi connectivity index (χ0n) is 16.3. The van der Waals surface area contributed by atoms with E-state index in [0.29, 0.717) is 34.8 Å². The van der Waals surface area contributed by atoms with E-state index in [9.17, 15) is 0 Å². The molecule has 0 amide bonds. The molecule has 0 radical (unpaired) electrons. The highest BCUT2D eigenvalue weighted by Crippen LogP contribution is 2.37. The molecule has 1 atom stereocenters. The Labute approximate surface area is 176 Å². The van der Waals surface area contributed by atoms with Crippen LogP contribution in [0.1, 0.15) is 36.7 Å². The first-order chi connectivity index (χ1) is 13.1. The number of ether oxygens (including phenoxy) is 2. The van der Waals surface area contributed by atoms with Gasteiger partial charge in [-0.1, -0.05) is 23.7 Å². The van der Waals surface area contributed by atoms with Gasteiger partial charge in [0.15, 0.2) is 17.3 Å². The summed E-state index contributed by atoms with van der Waals surface area (Å²) >= 11 is 6.35. The Morgan fingerprint density at radius 3 is 2.93 bits per heavy atom. The molecule has 0 saturated carbocycles. The lowest BCUT2D eigenvalue weighted by molar-refractivity contribution is 0.190. The molecule has 1 aliphatic heterocycles. The Hall–Kier alpha value is -1.80. The van der Waals surface area contributed by atoms with Crippen molar-refractivity contribution in [1.29, 1.82) is 0 Å². The second-order valence-electron chi connectivity index (χ2n) is 6.41. The predicted molar refractivity (Wildman–Crippen MR) is 113 cm³/mol. The van der Waals surface area contributed by atoms with E-state index in [2.05, 4.69) is 27.4 Å². The first-order valence-corrected chi connectivity index (χ1v) is 9.43. The molecule has 1 unspecified atom stereocenters. The standard InChI is InChI=1S/C19H25ClN4O3.ClH/c1-4-9-26-18-14(20)10-13(11-16(18)25-3)5-6-17-22-19(23-27-17)15-12-21-7-8-24(15)2;/h5-6,10-11,15,21H,4,7-9,12H2,1-3H3;1H/b6-5+;. The molecule has 0 bridgehead atoms. The van der Waals surface area contributed by atoms with Gasteiger partial charge >= 0.3 is 0 Å². The van der Waals surface area contributed by atoms with Crippen molar-refractivity contribution in [3.63, 3.8) is 0 Å². The molecule has 1 aliphatic rings. The maximum atomic E-state index is 6.35. The van der Waals surface area contributed by atoms with Crippen molar-refractivity contribution in [3.05, 3.63) is 34.4 Å². The van der Waals surface area contributed by atoms with E-state index < -0.39 is 0 Å². The van der Waals surface area contributed by atoms with E-state index in [1.54, 1.807) is 13.2 Å². The van der Waals surface area contributed by atoms with Gasteiger partial charge in [-0.3, -0.25) is 4.90 Å². The van der Waals surface area contributed by atoms with Gasteiger partial charge in [-0.15, -0.1) is 12.4 Å². The lowest BCUT2D eigenvalue weighted by atomic mass is 10.2. The summed E-state index contributed by atoms with van der Waals surface area (Å²) in [6.45, 7) is 5.36. The zero-order chi connectivity index (χ0) is 19.2. The van der Waals surface area contributed by atoms with Crippen LogP contribution in [-0.4, -0.2) is 55.4 Å². The molecule has 1 fully saturated rings. The molecule has 154 valence electrons. The Morgan fingerprint density at radius 2 is 2.21 bits per heavy atom. The van der Waals surface area contributed by atoms with Crippen LogP contribution in [0.5, 0.6) is 11.5 Å². The van der Waals surface area contributed by atoms with Crippen molar-refractivity contribution < 1.29 is 14.0 Å². The molecule has 28 heavy (non-hydrogen) atoms. The molecule has 0 aliphatic carbocycles. The molecule has 1 aromatic carbocycles. The highest BCUT2D eigenvalue weighted by molar-refractivity contribution is 6.32. The smallest absolute Gasteiger partial charge is 0.250 e. The summed E-state index contributed by atoms with van der Waals surface area (Å²) in [4.78, 5) is 6.70. The third-order valence-electron chi connectivity index (χ3n) is 4.39. The molecule has 2 aromatic rings. The van der Waals surface area contributed by atoms with Crippen LogP contribution in [0.4, 0.5) is 0 Å². The second kappa shape index (κ2) is 10.7. The maximum Gasteiger partial charge on any atom is 0.250 e. The van der Waals surface area contributed by atoms with E-state index in [-0.39, 0.29) is 18.4 Å². The third-order valence-corrected chi connectivity index (χ3v) is 4.67. The van der Waals surface area contributed by atoms with Gasteiger partial charge in [0.1, 0.15) is 0 Å². The molecule has 3 rings (SSSR count). The van der Waals surface area contributed by atoms with Gasteiger partial charge in [0.25, 0.3) is 5.89 Å². The van der Waals surface area contributed by atoms with Crippen LogP contribution in [0.15, 0.2) is 16.7 Å². The molecule has 0 spiro atoms.